The minimum atomic E-state index is -0.738. The molecule has 0 aliphatic rings. The van der Waals surface area contributed by atoms with Crippen LogP contribution in [0.4, 0.5) is 5.69 Å². The molecule has 0 aromatic heterocycles. The highest BCUT2D eigenvalue weighted by Crippen LogP contribution is 2.27. The molecule has 0 radical (unpaired) electrons. The normalized spacial score (nSPS) is 12.5. The van der Waals surface area contributed by atoms with E-state index in [2.05, 4.69) is 44.3 Å². The van der Waals surface area contributed by atoms with Crippen LogP contribution >= 0.6 is 0 Å². The average Bonchev–Trinajstić information content (AvgIpc) is 2.25. The maximum atomic E-state index is 10.6. The first-order chi connectivity index (χ1) is 8.41. The van der Waals surface area contributed by atoms with E-state index >= 15 is 0 Å². The highest BCUT2D eigenvalue weighted by molar-refractivity contribution is 5.67. The standard InChI is InChI=1S/C15H23NO2/c1-10(2)13-7-5-6-12(4)15(13)16-9-11(3)8-14(17)18/h5-7,10-11,16H,8-9H2,1-4H3,(H,17,18). The minimum Gasteiger partial charge on any atom is -0.481 e. The number of benzene rings is 1. The zero-order valence-corrected chi connectivity index (χ0v) is 11.7. The zero-order chi connectivity index (χ0) is 13.7. The van der Waals surface area contributed by atoms with Gasteiger partial charge in [-0.15, -0.1) is 0 Å². The summed E-state index contributed by atoms with van der Waals surface area (Å²) in [5.74, 6) is -0.150. The molecule has 3 heteroatoms. The summed E-state index contributed by atoms with van der Waals surface area (Å²) in [7, 11) is 0. The Morgan fingerprint density at radius 1 is 1.33 bits per heavy atom. The van der Waals surface area contributed by atoms with Crippen LogP contribution in [0.25, 0.3) is 0 Å². The number of aryl methyl sites for hydroxylation is 1. The van der Waals surface area contributed by atoms with Gasteiger partial charge in [-0.3, -0.25) is 4.79 Å². The fraction of sp³-hybridized carbons (Fsp3) is 0.533. The van der Waals surface area contributed by atoms with Crippen molar-refractivity contribution in [3.05, 3.63) is 29.3 Å². The van der Waals surface area contributed by atoms with E-state index in [9.17, 15) is 4.79 Å². The molecule has 18 heavy (non-hydrogen) atoms. The second-order valence-corrected chi connectivity index (χ2v) is 5.28. The summed E-state index contributed by atoms with van der Waals surface area (Å²) in [6, 6.07) is 6.27. The van der Waals surface area contributed by atoms with Crippen LogP contribution in [0.15, 0.2) is 18.2 Å². The van der Waals surface area contributed by atoms with E-state index in [0.29, 0.717) is 12.5 Å². The molecule has 1 atom stereocenters. The number of aliphatic carboxylic acids is 1. The number of para-hydroxylation sites is 1. The zero-order valence-electron chi connectivity index (χ0n) is 11.7. The van der Waals surface area contributed by atoms with Gasteiger partial charge in [-0.25, -0.2) is 0 Å². The Hall–Kier alpha value is -1.51. The van der Waals surface area contributed by atoms with Crippen LogP contribution in [-0.4, -0.2) is 17.6 Å². The molecule has 1 aromatic rings. The summed E-state index contributed by atoms with van der Waals surface area (Å²) >= 11 is 0. The number of anilines is 1. The number of hydrogen-bond acceptors (Lipinski definition) is 2. The van der Waals surface area contributed by atoms with E-state index < -0.39 is 5.97 Å². The minimum absolute atomic E-state index is 0.127. The summed E-state index contributed by atoms with van der Waals surface area (Å²) < 4.78 is 0. The van der Waals surface area contributed by atoms with Gasteiger partial charge in [0, 0.05) is 18.7 Å². The Labute approximate surface area is 109 Å². The van der Waals surface area contributed by atoms with Gasteiger partial charge in [-0.05, 0) is 29.9 Å². The molecule has 0 saturated carbocycles. The summed E-state index contributed by atoms with van der Waals surface area (Å²) in [6.45, 7) is 9.06. The molecule has 0 fully saturated rings. The largest absolute Gasteiger partial charge is 0.481 e. The summed E-state index contributed by atoms with van der Waals surface area (Å²) in [5, 5.41) is 12.2. The van der Waals surface area contributed by atoms with Gasteiger partial charge in [-0.2, -0.15) is 0 Å². The van der Waals surface area contributed by atoms with Gasteiger partial charge in [0.05, 0.1) is 0 Å². The first-order valence-corrected chi connectivity index (χ1v) is 6.47. The first-order valence-electron chi connectivity index (χ1n) is 6.47. The van der Waals surface area contributed by atoms with Crippen LogP contribution in [0.5, 0.6) is 0 Å². The van der Waals surface area contributed by atoms with Gasteiger partial charge in [0.1, 0.15) is 0 Å². The van der Waals surface area contributed by atoms with E-state index in [-0.39, 0.29) is 12.3 Å². The number of nitrogens with one attached hydrogen (secondary N) is 1. The summed E-state index contributed by atoms with van der Waals surface area (Å²) in [5.41, 5.74) is 3.66. The summed E-state index contributed by atoms with van der Waals surface area (Å²) in [4.78, 5) is 10.6. The highest BCUT2D eigenvalue weighted by Gasteiger charge is 2.11. The van der Waals surface area contributed by atoms with Gasteiger partial charge in [0.15, 0.2) is 0 Å². The molecule has 1 rings (SSSR count). The molecule has 0 spiro atoms. The lowest BCUT2D eigenvalue weighted by Gasteiger charge is -2.19. The van der Waals surface area contributed by atoms with Crippen molar-refractivity contribution in [3.63, 3.8) is 0 Å². The van der Waals surface area contributed by atoms with Crippen molar-refractivity contribution in [2.75, 3.05) is 11.9 Å². The van der Waals surface area contributed by atoms with Crippen LogP contribution < -0.4 is 5.32 Å². The second-order valence-electron chi connectivity index (χ2n) is 5.28. The van der Waals surface area contributed by atoms with E-state index in [0.717, 1.165) is 5.69 Å². The fourth-order valence-corrected chi connectivity index (χ4v) is 2.06. The monoisotopic (exact) mass is 249 g/mol. The van der Waals surface area contributed by atoms with Crippen LogP contribution in [0.1, 0.15) is 44.2 Å². The molecular weight excluding hydrogens is 226 g/mol. The van der Waals surface area contributed by atoms with Gasteiger partial charge in [-0.1, -0.05) is 39.0 Å². The van der Waals surface area contributed by atoms with E-state index in [1.54, 1.807) is 0 Å². The molecule has 0 aliphatic heterocycles. The molecule has 0 heterocycles. The predicted molar refractivity (Wildman–Crippen MR) is 75.2 cm³/mol. The van der Waals surface area contributed by atoms with Crippen molar-refractivity contribution in [2.24, 2.45) is 5.92 Å². The van der Waals surface area contributed by atoms with E-state index in [1.807, 2.05) is 6.92 Å². The van der Waals surface area contributed by atoms with Crippen molar-refractivity contribution in [2.45, 2.75) is 40.0 Å². The number of hydrogen-bond donors (Lipinski definition) is 2. The molecule has 0 bridgehead atoms. The lowest BCUT2D eigenvalue weighted by Crippen LogP contribution is -2.16. The smallest absolute Gasteiger partial charge is 0.303 e. The van der Waals surface area contributed by atoms with Gasteiger partial charge >= 0.3 is 5.97 Å². The molecule has 1 aromatic carbocycles. The molecule has 1 unspecified atom stereocenters. The quantitative estimate of drug-likeness (QED) is 0.809. The van der Waals surface area contributed by atoms with Crippen molar-refractivity contribution in [1.82, 2.24) is 0 Å². The molecule has 0 aliphatic carbocycles. The van der Waals surface area contributed by atoms with E-state index in [4.69, 9.17) is 5.11 Å². The number of carboxylic acid groups (broad SMARTS) is 1. The Kier molecular flexibility index (Phi) is 5.20. The van der Waals surface area contributed by atoms with Crippen molar-refractivity contribution in [3.8, 4) is 0 Å². The molecule has 100 valence electrons. The van der Waals surface area contributed by atoms with Crippen LogP contribution in [0.2, 0.25) is 0 Å². The molecule has 2 N–H and O–H groups in total. The van der Waals surface area contributed by atoms with Crippen LogP contribution in [0.3, 0.4) is 0 Å². The first kappa shape index (κ1) is 14.6. The molecular formula is C15H23NO2. The Balaban J connectivity index is 2.75. The van der Waals surface area contributed by atoms with E-state index in [1.165, 1.54) is 11.1 Å². The third-order valence-electron chi connectivity index (χ3n) is 3.08. The maximum Gasteiger partial charge on any atom is 0.303 e. The van der Waals surface area contributed by atoms with Gasteiger partial charge in [0.25, 0.3) is 0 Å². The van der Waals surface area contributed by atoms with Gasteiger partial charge in [0.2, 0.25) is 0 Å². The Morgan fingerprint density at radius 3 is 2.56 bits per heavy atom. The lowest BCUT2D eigenvalue weighted by molar-refractivity contribution is -0.137. The average molecular weight is 249 g/mol. The topological polar surface area (TPSA) is 49.3 Å². The maximum absolute atomic E-state index is 10.6. The predicted octanol–water partition coefficient (Wildman–Crippen LogP) is 3.64. The SMILES string of the molecule is Cc1cccc(C(C)C)c1NCC(C)CC(=O)O. The van der Waals surface area contributed by atoms with Crippen molar-refractivity contribution >= 4 is 11.7 Å². The summed E-state index contributed by atoms with van der Waals surface area (Å²) in [6.07, 6.45) is 0.204. The van der Waals surface area contributed by atoms with Crippen LogP contribution in [0, 0.1) is 12.8 Å². The third-order valence-corrected chi connectivity index (χ3v) is 3.08. The van der Waals surface area contributed by atoms with Crippen molar-refractivity contribution in [1.29, 1.82) is 0 Å². The number of carbonyl (C=O) groups is 1. The van der Waals surface area contributed by atoms with Crippen molar-refractivity contribution < 1.29 is 9.90 Å². The molecule has 0 amide bonds. The second kappa shape index (κ2) is 6.43. The fourth-order valence-electron chi connectivity index (χ4n) is 2.06. The number of carboxylic acids is 1. The highest BCUT2D eigenvalue weighted by atomic mass is 16.4. The lowest BCUT2D eigenvalue weighted by atomic mass is 9.97. The Bertz CT molecular complexity index is 413. The van der Waals surface area contributed by atoms with Gasteiger partial charge < -0.3 is 10.4 Å². The van der Waals surface area contributed by atoms with Crippen LogP contribution in [-0.2, 0) is 4.79 Å². The molecule has 0 saturated heterocycles. The Morgan fingerprint density at radius 2 is 2.00 bits per heavy atom. The molecule has 3 nitrogen and oxygen atoms in total. The number of rotatable bonds is 6. The third kappa shape index (κ3) is 4.06.